The lowest BCUT2D eigenvalue weighted by atomic mass is 10.1. The van der Waals surface area contributed by atoms with Crippen LogP contribution in [0.25, 0.3) is 5.69 Å². The molecule has 7 heteroatoms. The summed E-state index contributed by atoms with van der Waals surface area (Å²) in [4.78, 5) is 12.4. The molecule has 2 aromatic carbocycles. The first-order chi connectivity index (χ1) is 11.3. The van der Waals surface area contributed by atoms with E-state index in [-0.39, 0.29) is 12.5 Å². The molecule has 1 heterocycles. The maximum absolute atomic E-state index is 12.4. The van der Waals surface area contributed by atoms with Crippen LogP contribution < -0.4 is 5.32 Å². The number of hydrogen-bond acceptors (Lipinski definition) is 5. The highest BCUT2D eigenvalue weighted by molar-refractivity contribution is 5.97. The Morgan fingerprint density at radius 3 is 2.61 bits per heavy atom. The van der Waals surface area contributed by atoms with Gasteiger partial charge in [-0.25, -0.2) is 0 Å². The zero-order valence-corrected chi connectivity index (χ0v) is 12.2. The summed E-state index contributed by atoms with van der Waals surface area (Å²) in [6.07, 6.45) is 0.658. The molecule has 0 unspecified atom stereocenters. The van der Waals surface area contributed by atoms with Gasteiger partial charge < -0.3 is 10.4 Å². The van der Waals surface area contributed by atoms with E-state index in [0.717, 1.165) is 5.56 Å². The minimum absolute atomic E-state index is 0.118. The number of aliphatic hydroxyl groups excluding tert-OH is 1. The largest absolute Gasteiger partial charge is 0.387 e. The summed E-state index contributed by atoms with van der Waals surface area (Å²) in [7, 11) is 0. The summed E-state index contributed by atoms with van der Waals surface area (Å²) < 4.78 is 1.42. The standard InChI is InChI=1S/C16H15N5O2/c22-15(12-6-2-1-3-7-12)10-17-16(23)13-8-4-5-9-14(13)21-11-18-19-20-21/h1-9,11,15,22H,10H2,(H,17,23)/t15-/m0/s1. The number of aromatic nitrogens is 4. The van der Waals surface area contributed by atoms with Gasteiger partial charge in [0.2, 0.25) is 0 Å². The summed E-state index contributed by atoms with van der Waals surface area (Å²) >= 11 is 0. The Morgan fingerprint density at radius 2 is 1.87 bits per heavy atom. The summed E-state index contributed by atoms with van der Waals surface area (Å²) in [5, 5.41) is 23.8. The van der Waals surface area contributed by atoms with Crippen molar-refractivity contribution >= 4 is 5.91 Å². The third kappa shape index (κ3) is 3.41. The van der Waals surface area contributed by atoms with Crippen molar-refractivity contribution in [2.24, 2.45) is 0 Å². The molecule has 0 saturated carbocycles. The van der Waals surface area contributed by atoms with Crippen molar-refractivity contribution in [3.63, 3.8) is 0 Å². The van der Waals surface area contributed by atoms with E-state index in [1.54, 1.807) is 24.3 Å². The third-order valence-corrected chi connectivity index (χ3v) is 3.38. The topological polar surface area (TPSA) is 92.9 Å². The minimum atomic E-state index is -0.764. The smallest absolute Gasteiger partial charge is 0.253 e. The maximum atomic E-state index is 12.4. The van der Waals surface area contributed by atoms with Crippen molar-refractivity contribution in [1.29, 1.82) is 0 Å². The molecule has 1 aromatic heterocycles. The highest BCUT2D eigenvalue weighted by Gasteiger charge is 2.15. The van der Waals surface area contributed by atoms with Crippen molar-refractivity contribution < 1.29 is 9.90 Å². The van der Waals surface area contributed by atoms with E-state index in [4.69, 9.17) is 0 Å². The molecule has 0 spiro atoms. The molecule has 116 valence electrons. The first-order valence-corrected chi connectivity index (χ1v) is 7.09. The SMILES string of the molecule is O=C(NC[C@H](O)c1ccccc1)c1ccccc1-n1cnnn1. The number of nitrogens with one attached hydrogen (secondary N) is 1. The Balaban J connectivity index is 1.72. The van der Waals surface area contributed by atoms with Crippen LogP contribution >= 0.6 is 0 Å². The second-order valence-electron chi connectivity index (χ2n) is 4.91. The molecule has 23 heavy (non-hydrogen) atoms. The Labute approximate surface area is 132 Å². The number of aliphatic hydroxyl groups is 1. The molecular formula is C16H15N5O2. The molecule has 0 fully saturated rings. The van der Waals surface area contributed by atoms with Gasteiger partial charge in [0.15, 0.2) is 0 Å². The number of tetrazole rings is 1. The zero-order chi connectivity index (χ0) is 16.1. The Kier molecular flexibility index (Phi) is 4.39. The summed E-state index contributed by atoms with van der Waals surface area (Å²) in [6, 6.07) is 16.2. The molecule has 7 nitrogen and oxygen atoms in total. The van der Waals surface area contributed by atoms with Crippen LogP contribution in [0.5, 0.6) is 0 Å². The summed E-state index contributed by atoms with van der Waals surface area (Å²) in [6.45, 7) is 0.118. The van der Waals surface area contributed by atoms with Crippen molar-refractivity contribution in [3.8, 4) is 5.69 Å². The van der Waals surface area contributed by atoms with Gasteiger partial charge in [0, 0.05) is 6.54 Å². The molecule has 3 rings (SSSR count). The van der Waals surface area contributed by atoms with Gasteiger partial charge >= 0.3 is 0 Å². The number of nitrogens with zero attached hydrogens (tertiary/aromatic N) is 4. The first kappa shape index (κ1) is 14.9. The molecule has 0 radical (unpaired) electrons. The van der Waals surface area contributed by atoms with Crippen LogP contribution in [-0.2, 0) is 0 Å². The van der Waals surface area contributed by atoms with E-state index >= 15 is 0 Å². The van der Waals surface area contributed by atoms with Crippen molar-refractivity contribution in [3.05, 3.63) is 72.1 Å². The van der Waals surface area contributed by atoms with Crippen LogP contribution in [0, 0.1) is 0 Å². The predicted octanol–water partition coefficient (Wildman–Crippen LogP) is 1.13. The number of benzene rings is 2. The average molecular weight is 309 g/mol. The van der Waals surface area contributed by atoms with Crippen LogP contribution in [0.15, 0.2) is 60.9 Å². The first-order valence-electron chi connectivity index (χ1n) is 7.09. The van der Waals surface area contributed by atoms with Crippen LogP contribution in [-0.4, -0.2) is 37.8 Å². The number of para-hydroxylation sites is 1. The Bertz CT molecular complexity index is 774. The lowest BCUT2D eigenvalue weighted by Crippen LogP contribution is -2.29. The average Bonchev–Trinajstić information content (AvgIpc) is 3.14. The highest BCUT2D eigenvalue weighted by Crippen LogP contribution is 2.14. The zero-order valence-electron chi connectivity index (χ0n) is 12.2. The predicted molar refractivity (Wildman–Crippen MR) is 82.9 cm³/mol. The van der Waals surface area contributed by atoms with Gasteiger partial charge in [-0.15, -0.1) is 5.10 Å². The monoisotopic (exact) mass is 309 g/mol. The molecule has 0 aliphatic rings. The number of rotatable bonds is 5. The molecule has 2 N–H and O–H groups in total. The molecule has 0 bridgehead atoms. The summed E-state index contributed by atoms with van der Waals surface area (Å²) in [5.41, 5.74) is 1.76. The fourth-order valence-electron chi connectivity index (χ4n) is 2.21. The van der Waals surface area contributed by atoms with Crippen LogP contribution in [0.4, 0.5) is 0 Å². The number of carbonyl (C=O) groups excluding carboxylic acids is 1. The second kappa shape index (κ2) is 6.80. The Morgan fingerprint density at radius 1 is 1.13 bits per heavy atom. The Hall–Kier alpha value is -3.06. The highest BCUT2D eigenvalue weighted by atomic mass is 16.3. The molecule has 3 aromatic rings. The van der Waals surface area contributed by atoms with Crippen molar-refractivity contribution in [2.45, 2.75) is 6.10 Å². The third-order valence-electron chi connectivity index (χ3n) is 3.38. The number of hydrogen-bond donors (Lipinski definition) is 2. The number of carbonyl (C=O) groups is 1. The van der Waals surface area contributed by atoms with Crippen molar-refractivity contribution in [2.75, 3.05) is 6.54 Å². The minimum Gasteiger partial charge on any atom is -0.387 e. The molecule has 1 amide bonds. The van der Waals surface area contributed by atoms with E-state index in [1.165, 1.54) is 11.0 Å². The quantitative estimate of drug-likeness (QED) is 0.737. The lowest BCUT2D eigenvalue weighted by Gasteiger charge is -2.13. The van der Waals surface area contributed by atoms with E-state index in [2.05, 4.69) is 20.8 Å². The molecule has 1 atom stereocenters. The van der Waals surface area contributed by atoms with E-state index in [0.29, 0.717) is 11.3 Å². The van der Waals surface area contributed by atoms with E-state index in [1.807, 2.05) is 30.3 Å². The van der Waals surface area contributed by atoms with Crippen molar-refractivity contribution in [1.82, 2.24) is 25.5 Å². The molecular weight excluding hydrogens is 294 g/mol. The van der Waals surface area contributed by atoms with Crippen LogP contribution in [0.1, 0.15) is 22.0 Å². The summed E-state index contributed by atoms with van der Waals surface area (Å²) in [5.74, 6) is -0.300. The van der Waals surface area contributed by atoms with Gasteiger partial charge in [0.05, 0.1) is 17.4 Å². The second-order valence-corrected chi connectivity index (χ2v) is 4.91. The maximum Gasteiger partial charge on any atom is 0.253 e. The van der Waals surface area contributed by atoms with Crippen LogP contribution in [0.3, 0.4) is 0 Å². The van der Waals surface area contributed by atoms with E-state index in [9.17, 15) is 9.90 Å². The number of amides is 1. The fourth-order valence-corrected chi connectivity index (χ4v) is 2.21. The van der Waals surface area contributed by atoms with E-state index < -0.39 is 6.10 Å². The lowest BCUT2D eigenvalue weighted by molar-refractivity contribution is 0.0916. The van der Waals surface area contributed by atoms with Gasteiger partial charge in [-0.2, -0.15) is 4.68 Å². The molecule has 0 saturated heterocycles. The van der Waals surface area contributed by atoms with Gasteiger partial charge in [0.1, 0.15) is 6.33 Å². The van der Waals surface area contributed by atoms with Gasteiger partial charge in [-0.05, 0) is 28.1 Å². The molecule has 0 aliphatic heterocycles. The van der Waals surface area contributed by atoms with Gasteiger partial charge in [-0.3, -0.25) is 4.79 Å². The van der Waals surface area contributed by atoms with Gasteiger partial charge in [-0.1, -0.05) is 42.5 Å². The van der Waals surface area contributed by atoms with Gasteiger partial charge in [0.25, 0.3) is 5.91 Å². The van der Waals surface area contributed by atoms with Crippen LogP contribution in [0.2, 0.25) is 0 Å². The molecule has 0 aliphatic carbocycles. The normalized spacial score (nSPS) is 11.9. The fraction of sp³-hybridized carbons (Fsp3) is 0.125.